The molecule has 0 saturated heterocycles. The quantitative estimate of drug-likeness (QED) is 0.924. The van der Waals surface area contributed by atoms with Gasteiger partial charge in [-0.1, -0.05) is 0 Å². The predicted molar refractivity (Wildman–Crippen MR) is 57.1 cm³/mol. The minimum atomic E-state index is -0.696. The van der Waals surface area contributed by atoms with Crippen LogP contribution in [0.4, 0.5) is 0 Å². The van der Waals surface area contributed by atoms with Crippen LogP contribution in [0, 0.1) is 5.92 Å². The Balaban J connectivity index is 2.15. The van der Waals surface area contributed by atoms with Crippen LogP contribution < -0.4 is 4.74 Å². The number of methoxy groups -OCH3 is 1. The Morgan fingerprint density at radius 3 is 2.93 bits per heavy atom. The Morgan fingerprint density at radius 2 is 2.50 bits per heavy atom. The molecule has 1 aromatic heterocycles. The molecule has 0 spiro atoms. The van der Waals surface area contributed by atoms with Crippen LogP contribution in [-0.2, 0) is 4.79 Å². The molecule has 1 saturated carbocycles. The molecule has 76 valence electrons. The third-order valence-electron chi connectivity index (χ3n) is 2.33. The van der Waals surface area contributed by atoms with Gasteiger partial charge in [-0.15, -0.1) is 11.3 Å². The van der Waals surface area contributed by atoms with Crippen LogP contribution in [0.1, 0.15) is 17.2 Å². The molecule has 2 atom stereocenters. The Kier molecular flexibility index (Phi) is 2.53. The first-order chi connectivity index (χ1) is 6.63. The van der Waals surface area contributed by atoms with E-state index in [9.17, 15) is 4.79 Å². The van der Waals surface area contributed by atoms with Crippen molar-refractivity contribution in [2.24, 2.45) is 5.92 Å². The van der Waals surface area contributed by atoms with Gasteiger partial charge in [-0.25, -0.2) is 0 Å². The molecule has 1 N–H and O–H groups in total. The number of carboxylic acid groups (broad SMARTS) is 1. The van der Waals surface area contributed by atoms with Gasteiger partial charge in [0.15, 0.2) is 5.06 Å². The van der Waals surface area contributed by atoms with Gasteiger partial charge in [-0.2, -0.15) is 0 Å². The third-order valence-corrected chi connectivity index (χ3v) is 4.41. The molecule has 3 nitrogen and oxygen atoms in total. The summed E-state index contributed by atoms with van der Waals surface area (Å²) in [5.74, 6) is -0.693. The van der Waals surface area contributed by atoms with Gasteiger partial charge < -0.3 is 9.84 Å². The maximum Gasteiger partial charge on any atom is 0.307 e. The predicted octanol–water partition coefficient (Wildman–Crippen LogP) is 2.71. The van der Waals surface area contributed by atoms with Crippen LogP contribution in [0.25, 0.3) is 0 Å². The lowest BCUT2D eigenvalue weighted by molar-refractivity contribution is -0.138. The summed E-state index contributed by atoms with van der Waals surface area (Å²) in [4.78, 5) is 11.8. The van der Waals surface area contributed by atoms with Gasteiger partial charge in [0.1, 0.15) is 0 Å². The molecule has 0 aliphatic heterocycles. The first kappa shape index (κ1) is 9.98. The number of aliphatic carboxylic acids is 1. The lowest BCUT2D eigenvalue weighted by Gasteiger charge is -1.92. The number of hydrogen-bond donors (Lipinski definition) is 1. The zero-order valence-electron chi connectivity index (χ0n) is 7.49. The van der Waals surface area contributed by atoms with E-state index in [1.54, 1.807) is 7.11 Å². The molecule has 1 aromatic rings. The fourth-order valence-electron chi connectivity index (χ4n) is 1.47. The van der Waals surface area contributed by atoms with Crippen molar-refractivity contribution in [1.82, 2.24) is 0 Å². The molecule has 0 aromatic carbocycles. The molecule has 0 radical (unpaired) electrons. The number of rotatable bonds is 3. The van der Waals surface area contributed by atoms with Gasteiger partial charge in [0.2, 0.25) is 0 Å². The van der Waals surface area contributed by atoms with Gasteiger partial charge in [0.25, 0.3) is 0 Å². The topological polar surface area (TPSA) is 46.5 Å². The normalized spacial score (nSPS) is 24.7. The fraction of sp³-hybridized carbons (Fsp3) is 0.444. The summed E-state index contributed by atoms with van der Waals surface area (Å²) in [6.45, 7) is 0. The number of carboxylic acids is 1. The van der Waals surface area contributed by atoms with Crippen molar-refractivity contribution in [3.63, 3.8) is 0 Å². The molecule has 0 amide bonds. The van der Waals surface area contributed by atoms with E-state index in [2.05, 4.69) is 15.9 Å². The number of halogens is 1. The standard InChI is InChI=1S/C9H9BrO3S/c1-13-9-6(10)3-7(14-9)4-2-5(4)8(11)12/h3-5H,2H2,1H3,(H,11,12)/t4-,5-/m1/s1. The maximum atomic E-state index is 10.7. The Morgan fingerprint density at radius 1 is 1.79 bits per heavy atom. The highest BCUT2D eigenvalue weighted by molar-refractivity contribution is 9.10. The molecule has 5 heteroatoms. The van der Waals surface area contributed by atoms with Crippen LogP contribution >= 0.6 is 27.3 Å². The van der Waals surface area contributed by atoms with Gasteiger partial charge >= 0.3 is 5.97 Å². The minimum absolute atomic E-state index is 0.190. The van der Waals surface area contributed by atoms with Crippen LogP contribution in [-0.4, -0.2) is 18.2 Å². The lowest BCUT2D eigenvalue weighted by atomic mass is 10.3. The summed E-state index contributed by atoms with van der Waals surface area (Å²) in [6.07, 6.45) is 0.755. The molecular weight excluding hydrogens is 268 g/mol. The molecule has 1 fully saturated rings. The second-order valence-electron chi connectivity index (χ2n) is 3.28. The summed E-state index contributed by atoms with van der Waals surface area (Å²) in [7, 11) is 1.61. The van der Waals surface area contributed by atoms with Crippen molar-refractivity contribution in [1.29, 1.82) is 0 Å². The van der Waals surface area contributed by atoms with E-state index in [4.69, 9.17) is 9.84 Å². The van der Waals surface area contributed by atoms with E-state index in [0.29, 0.717) is 0 Å². The second-order valence-corrected chi connectivity index (χ2v) is 5.18. The first-order valence-corrected chi connectivity index (χ1v) is 5.80. The van der Waals surface area contributed by atoms with E-state index in [1.807, 2.05) is 6.07 Å². The summed E-state index contributed by atoms with van der Waals surface area (Å²) in [5, 5.41) is 9.60. The average Bonchev–Trinajstić information content (AvgIpc) is 2.85. The highest BCUT2D eigenvalue weighted by Gasteiger charge is 2.45. The van der Waals surface area contributed by atoms with Gasteiger partial charge in [0.05, 0.1) is 17.5 Å². The SMILES string of the molecule is COc1sc([C@@H]2C[C@H]2C(=O)O)cc1Br. The molecule has 1 aliphatic carbocycles. The maximum absolute atomic E-state index is 10.7. The monoisotopic (exact) mass is 276 g/mol. The van der Waals surface area contributed by atoms with E-state index in [1.165, 1.54) is 11.3 Å². The van der Waals surface area contributed by atoms with Crippen LogP contribution in [0.5, 0.6) is 5.06 Å². The van der Waals surface area contributed by atoms with Gasteiger partial charge in [-0.05, 0) is 28.4 Å². The number of hydrogen-bond acceptors (Lipinski definition) is 3. The smallest absolute Gasteiger partial charge is 0.307 e. The van der Waals surface area contributed by atoms with Crippen molar-refractivity contribution in [2.45, 2.75) is 12.3 Å². The lowest BCUT2D eigenvalue weighted by Crippen LogP contribution is -1.97. The second kappa shape index (κ2) is 3.55. The largest absolute Gasteiger partial charge is 0.486 e. The molecular formula is C9H9BrO3S. The van der Waals surface area contributed by atoms with E-state index in [0.717, 1.165) is 20.8 Å². The summed E-state index contributed by atoms with van der Waals surface area (Å²) < 4.78 is 6.04. The van der Waals surface area contributed by atoms with Crippen molar-refractivity contribution in [2.75, 3.05) is 7.11 Å². The van der Waals surface area contributed by atoms with Crippen LogP contribution in [0.3, 0.4) is 0 Å². The summed E-state index contributed by atoms with van der Waals surface area (Å²) in [6, 6.07) is 1.96. The molecule has 1 heterocycles. The van der Waals surface area contributed by atoms with Gasteiger partial charge in [-0.3, -0.25) is 4.79 Å². The summed E-state index contributed by atoms with van der Waals surface area (Å²) in [5.41, 5.74) is 0. The minimum Gasteiger partial charge on any atom is -0.486 e. The van der Waals surface area contributed by atoms with Crippen molar-refractivity contribution in [3.05, 3.63) is 15.4 Å². The molecule has 14 heavy (non-hydrogen) atoms. The van der Waals surface area contributed by atoms with E-state index in [-0.39, 0.29) is 11.8 Å². The summed E-state index contributed by atoms with van der Waals surface area (Å²) >= 11 is 4.89. The van der Waals surface area contributed by atoms with E-state index >= 15 is 0 Å². The van der Waals surface area contributed by atoms with Crippen LogP contribution in [0.2, 0.25) is 0 Å². The number of thiophene rings is 1. The van der Waals surface area contributed by atoms with Crippen molar-refractivity contribution >= 4 is 33.2 Å². The highest BCUT2D eigenvalue weighted by atomic mass is 79.9. The molecule has 2 rings (SSSR count). The molecule has 0 unspecified atom stereocenters. The number of carbonyl (C=O) groups is 1. The zero-order valence-corrected chi connectivity index (χ0v) is 9.89. The Hall–Kier alpha value is -0.550. The first-order valence-electron chi connectivity index (χ1n) is 4.19. The Bertz CT molecular complexity index is 374. The third kappa shape index (κ3) is 1.66. The Labute approximate surface area is 93.8 Å². The molecule has 0 bridgehead atoms. The molecule has 1 aliphatic rings. The van der Waals surface area contributed by atoms with E-state index < -0.39 is 5.97 Å². The highest BCUT2D eigenvalue weighted by Crippen LogP contribution is 2.52. The average molecular weight is 277 g/mol. The van der Waals surface area contributed by atoms with Crippen LogP contribution in [0.15, 0.2) is 10.5 Å². The van der Waals surface area contributed by atoms with Crippen molar-refractivity contribution < 1.29 is 14.6 Å². The van der Waals surface area contributed by atoms with Gasteiger partial charge in [0, 0.05) is 10.8 Å². The zero-order chi connectivity index (χ0) is 10.3. The number of ether oxygens (including phenoxy) is 1. The van der Waals surface area contributed by atoms with Crippen molar-refractivity contribution in [3.8, 4) is 5.06 Å². The fourth-order valence-corrected chi connectivity index (χ4v) is 3.32.